The van der Waals surface area contributed by atoms with Gasteiger partial charge in [-0.1, -0.05) is 25.1 Å². The molecule has 0 aliphatic carbocycles. The monoisotopic (exact) mass is 359 g/mol. The molecule has 138 valence electrons. The summed E-state index contributed by atoms with van der Waals surface area (Å²) in [6.45, 7) is 0.794. The lowest BCUT2D eigenvalue weighted by Crippen LogP contribution is -2.48. The lowest BCUT2D eigenvalue weighted by molar-refractivity contribution is -0.227. The molecule has 1 heterocycles. The van der Waals surface area contributed by atoms with Crippen molar-refractivity contribution in [2.24, 2.45) is 11.3 Å². The van der Waals surface area contributed by atoms with Crippen molar-refractivity contribution in [3.05, 3.63) is 30.3 Å². The van der Waals surface area contributed by atoms with Gasteiger partial charge in [-0.05, 0) is 25.0 Å². The summed E-state index contributed by atoms with van der Waals surface area (Å²) >= 11 is 0. The minimum Gasteiger partial charge on any atom is -0.494 e. The summed E-state index contributed by atoms with van der Waals surface area (Å²) < 4.78 is 44.9. The van der Waals surface area contributed by atoms with Crippen molar-refractivity contribution in [1.82, 2.24) is 4.90 Å². The first kappa shape index (κ1) is 19.1. The van der Waals surface area contributed by atoms with Crippen molar-refractivity contribution in [2.75, 3.05) is 19.7 Å². The van der Waals surface area contributed by atoms with E-state index in [0.29, 0.717) is 12.2 Å². The first-order chi connectivity index (χ1) is 11.7. The van der Waals surface area contributed by atoms with E-state index in [-0.39, 0.29) is 13.2 Å². The summed E-state index contributed by atoms with van der Waals surface area (Å²) in [6.07, 6.45) is -5.19. The van der Waals surface area contributed by atoms with Crippen molar-refractivity contribution in [3.63, 3.8) is 0 Å². The van der Waals surface area contributed by atoms with Crippen LogP contribution in [-0.4, -0.2) is 47.8 Å². The van der Waals surface area contributed by atoms with Crippen LogP contribution in [0.1, 0.15) is 19.8 Å². The number of carbonyl (C=O) groups excluding carboxylic acids is 1. The number of rotatable bonds is 6. The quantitative estimate of drug-likeness (QED) is 0.848. The molecule has 1 saturated heterocycles. The molecule has 1 aliphatic heterocycles. The summed E-state index contributed by atoms with van der Waals surface area (Å²) in [4.78, 5) is 24.5. The van der Waals surface area contributed by atoms with Gasteiger partial charge in [0.25, 0.3) is 0 Å². The van der Waals surface area contributed by atoms with E-state index >= 15 is 0 Å². The maximum Gasteiger partial charge on any atom is 0.406 e. The number of carbonyl (C=O) groups is 2. The number of hydrogen-bond acceptors (Lipinski definition) is 3. The number of aliphatic carboxylic acids is 1. The standard InChI is InChI=1S/C17H20F3NO4/c1-12(7-10-25-13-5-3-2-4-6-13)14(22)21-9-8-16(11-21,15(23)24)17(18,19)20/h2-6,12H,7-11H2,1H3,(H,23,24). The number of hydrogen-bond donors (Lipinski definition) is 1. The lowest BCUT2D eigenvalue weighted by Gasteiger charge is -2.28. The number of para-hydroxylation sites is 1. The zero-order valence-corrected chi connectivity index (χ0v) is 13.8. The Morgan fingerprint density at radius 1 is 1.32 bits per heavy atom. The molecular formula is C17H20F3NO4. The van der Waals surface area contributed by atoms with Crippen molar-refractivity contribution >= 4 is 11.9 Å². The molecule has 0 aromatic heterocycles. The third-order valence-electron chi connectivity index (χ3n) is 4.52. The highest BCUT2D eigenvalue weighted by molar-refractivity contribution is 5.82. The maximum atomic E-state index is 13.2. The van der Waals surface area contributed by atoms with Gasteiger partial charge < -0.3 is 14.7 Å². The van der Waals surface area contributed by atoms with Crippen LogP contribution in [0.15, 0.2) is 30.3 Å². The van der Waals surface area contributed by atoms with Crippen LogP contribution < -0.4 is 4.74 Å². The fourth-order valence-corrected chi connectivity index (χ4v) is 2.83. The predicted octanol–water partition coefficient (Wildman–Crippen LogP) is 2.96. The largest absolute Gasteiger partial charge is 0.494 e. The Morgan fingerprint density at radius 2 is 1.96 bits per heavy atom. The Kier molecular flexibility index (Phi) is 5.59. The Hall–Kier alpha value is -2.25. The summed E-state index contributed by atoms with van der Waals surface area (Å²) in [7, 11) is 0. The summed E-state index contributed by atoms with van der Waals surface area (Å²) in [5.41, 5.74) is -2.87. The Morgan fingerprint density at radius 3 is 2.48 bits per heavy atom. The topological polar surface area (TPSA) is 66.8 Å². The number of halogens is 3. The van der Waals surface area contributed by atoms with Crippen molar-refractivity contribution in [1.29, 1.82) is 0 Å². The van der Waals surface area contributed by atoms with Crippen LogP contribution in [0.2, 0.25) is 0 Å². The fraction of sp³-hybridized carbons (Fsp3) is 0.529. The molecule has 2 rings (SSSR count). The Bertz CT molecular complexity index is 620. The van der Waals surface area contributed by atoms with Gasteiger partial charge in [-0.3, -0.25) is 9.59 Å². The second-order valence-electron chi connectivity index (χ2n) is 6.25. The zero-order valence-electron chi connectivity index (χ0n) is 13.8. The summed E-state index contributed by atoms with van der Waals surface area (Å²) in [5, 5.41) is 9.03. The van der Waals surface area contributed by atoms with E-state index in [1.807, 2.05) is 6.07 Å². The molecule has 2 unspecified atom stereocenters. The summed E-state index contributed by atoms with van der Waals surface area (Å²) in [5.74, 6) is -2.33. The number of nitrogens with zero attached hydrogens (tertiary/aromatic N) is 1. The average molecular weight is 359 g/mol. The Labute approximate surface area is 143 Å². The molecule has 1 fully saturated rings. The van der Waals surface area contributed by atoms with Gasteiger partial charge in [0.15, 0.2) is 5.41 Å². The summed E-state index contributed by atoms with van der Waals surface area (Å²) in [6, 6.07) is 8.96. The van der Waals surface area contributed by atoms with Crippen LogP contribution in [-0.2, 0) is 9.59 Å². The number of ether oxygens (including phenoxy) is 1. The van der Waals surface area contributed by atoms with Crippen molar-refractivity contribution in [3.8, 4) is 5.75 Å². The van der Waals surface area contributed by atoms with Crippen LogP contribution in [0.25, 0.3) is 0 Å². The number of amides is 1. The molecule has 0 bridgehead atoms. The van der Waals surface area contributed by atoms with E-state index in [4.69, 9.17) is 9.84 Å². The molecular weight excluding hydrogens is 339 g/mol. The molecule has 1 aromatic carbocycles. The highest BCUT2D eigenvalue weighted by Gasteiger charge is 2.64. The molecule has 0 spiro atoms. The van der Waals surface area contributed by atoms with Gasteiger partial charge in [0.05, 0.1) is 6.61 Å². The van der Waals surface area contributed by atoms with Gasteiger partial charge >= 0.3 is 12.1 Å². The molecule has 1 amide bonds. The second kappa shape index (κ2) is 7.33. The molecule has 25 heavy (non-hydrogen) atoms. The molecule has 2 atom stereocenters. The van der Waals surface area contributed by atoms with Crippen LogP contribution in [0.3, 0.4) is 0 Å². The molecule has 0 saturated carbocycles. The molecule has 5 nitrogen and oxygen atoms in total. The van der Waals surface area contributed by atoms with Gasteiger partial charge in [0.1, 0.15) is 5.75 Å². The normalized spacial score (nSPS) is 21.8. The van der Waals surface area contributed by atoms with Crippen LogP contribution in [0.4, 0.5) is 13.2 Å². The fourth-order valence-electron chi connectivity index (χ4n) is 2.83. The average Bonchev–Trinajstić information content (AvgIpc) is 3.01. The number of likely N-dealkylation sites (tertiary alicyclic amines) is 1. The van der Waals surface area contributed by atoms with E-state index in [0.717, 1.165) is 4.90 Å². The zero-order chi connectivity index (χ0) is 18.7. The van der Waals surface area contributed by atoms with Crippen LogP contribution in [0.5, 0.6) is 5.75 Å². The number of carboxylic acids is 1. The van der Waals surface area contributed by atoms with Gasteiger partial charge in [-0.2, -0.15) is 13.2 Å². The minimum absolute atomic E-state index is 0.214. The third-order valence-corrected chi connectivity index (χ3v) is 4.52. The highest BCUT2D eigenvalue weighted by Crippen LogP contribution is 2.46. The first-order valence-corrected chi connectivity index (χ1v) is 7.94. The van der Waals surface area contributed by atoms with Gasteiger partial charge in [-0.25, -0.2) is 0 Å². The maximum absolute atomic E-state index is 13.2. The van der Waals surface area contributed by atoms with Gasteiger partial charge in [0, 0.05) is 19.0 Å². The molecule has 1 N–H and O–H groups in total. The van der Waals surface area contributed by atoms with E-state index in [2.05, 4.69) is 0 Å². The van der Waals surface area contributed by atoms with Gasteiger partial charge in [0.2, 0.25) is 5.91 Å². The molecule has 1 aliphatic rings. The van der Waals surface area contributed by atoms with Crippen LogP contribution in [0, 0.1) is 11.3 Å². The third kappa shape index (κ3) is 4.05. The van der Waals surface area contributed by atoms with E-state index in [1.54, 1.807) is 31.2 Å². The molecule has 1 aromatic rings. The second-order valence-corrected chi connectivity index (χ2v) is 6.25. The van der Waals surface area contributed by atoms with Crippen molar-refractivity contribution in [2.45, 2.75) is 25.9 Å². The lowest BCUT2D eigenvalue weighted by atomic mass is 9.86. The smallest absolute Gasteiger partial charge is 0.406 e. The SMILES string of the molecule is CC(CCOc1ccccc1)C(=O)N1CCC(C(=O)O)(C(F)(F)F)C1. The molecule has 0 radical (unpaired) electrons. The number of benzene rings is 1. The van der Waals surface area contributed by atoms with E-state index in [9.17, 15) is 22.8 Å². The predicted molar refractivity (Wildman–Crippen MR) is 83.0 cm³/mol. The van der Waals surface area contributed by atoms with E-state index < -0.39 is 42.4 Å². The van der Waals surface area contributed by atoms with Crippen molar-refractivity contribution < 1.29 is 32.6 Å². The molecule has 8 heteroatoms. The number of alkyl halides is 3. The Balaban J connectivity index is 1.91. The number of carboxylic acid groups (broad SMARTS) is 1. The first-order valence-electron chi connectivity index (χ1n) is 7.94. The van der Waals surface area contributed by atoms with Crippen LogP contribution >= 0.6 is 0 Å². The van der Waals surface area contributed by atoms with Gasteiger partial charge in [-0.15, -0.1) is 0 Å². The minimum atomic E-state index is -4.90. The highest BCUT2D eigenvalue weighted by atomic mass is 19.4. The van der Waals surface area contributed by atoms with E-state index in [1.165, 1.54) is 0 Å².